The fourth-order valence-electron chi connectivity index (χ4n) is 4.64. The Balaban J connectivity index is 1.30. The van der Waals surface area contributed by atoms with Gasteiger partial charge in [0.1, 0.15) is 24.0 Å². The van der Waals surface area contributed by atoms with Crippen molar-refractivity contribution in [1.82, 2.24) is 5.01 Å². The molecule has 0 saturated heterocycles. The molecule has 9 nitrogen and oxygen atoms in total. The number of carbonyl (C=O) groups excluding carboxylic acids is 1. The van der Waals surface area contributed by atoms with Crippen molar-refractivity contribution >= 4 is 39.8 Å². The molecule has 0 saturated carbocycles. The van der Waals surface area contributed by atoms with Crippen LogP contribution in [0.3, 0.4) is 0 Å². The molecule has 2 aliphatic heterocycles. The Morgan fingerprint density at radius 2 is 1.67 bits per heavy atom. The molecule has 0 radical (unpaired) electrons. The third-order valence-corrected chi connectivity index (χ3v) is 8.23. The predicted molar refractivity (Wildman–Crippen MR) is 171 cm³/mol. The third kappa shape index (κ3) is 6.44. The smallest absolute Gasteiger partial charge is 0.283 e. The molecular formula is C33H34N4O5S. The number of amides is 1. The first kappa shape index (κ1) is 29.9. The molecule has 3 aromatic carbocycles. The average Bonchev–Trinajstić information content (AvgIpc) is 3.45. The SMILES string of the molecule is CC[C@@H](C)c1ccc(OCCOc2c(OC)cc(/C=C3\C(=N)N4N=C(c5ccccc5C)SC4=NC3=O)cc2OC)cc1. The summed E-state index contributed by atoms with van der Waals surface area (Å²) in [5.74, 6) is 1.95. The van der Waals surface area contributed by atoms with Gasteiger partial charge in [0.2, 0.25) is 10.9 Å². The van der Waals surface area contributed by atoms with Gasteiger partial charge in [0.25, 0.3) is 5.91 Å². The average molecular weight is 599 g/mol. The Morgan fingerprint density at radius 3 is 2.33 bits per heavy atom. The fraction of sp³-hybridized carbons (Fsp3) is 0.273. The number of amidine groups is 2. The number of hydrogen-bond donors (Lipinski definition) is 1. The molecule has 0 unspecified atom stereocenters. The van der Waals surface area contributed by atoms with Gasteiger partial charge in [0.15, 0.2) is 17.3 Å². The van der Waals surface area contributed by atoms with Crippen molar-refractivity contribution in [3.8, 4) is 23.0 Å². The lowest BCUT2D eigenvalue weighted by Gasteiger charge is -2.20. The quantitative estimate of drug-likeness (QED) is 0.195. The Hall–Kier alpha value is -4.57. The van der Waals surface area contributed by atoms with Crippen molar-refractivity contribution in [3.63, 3.8) is 0 Å². The minimum absolute atomic E-state index is 0.0568. The molecule has 0 fully saturated rings. The maximum Gasteiger partial charge on any atom is 0.283 e. The molecule has 1 amide bonds. The first-order valence-corrected chi connectivity index (χ1v) is 14.8. The predicted octanol–water partition coefficient (Wildman–Crippen LogP) is 6.65. The Morgan fingerprint density at radius 1 is 1.00 bits per heavy atom. The number of aliphatic imine (C=N–C) groups is 1. The van der Waals surface area contributed by atoms with E-state index in [1.54, 1.807) is 18.2 Å². The zero-order valence-electron chi connectivity index (χ0n) is 24.8. The number of carbonyl (C=O) groups is 1. The number of methoxy groups -OCH3 is 2. The van der Waals surface area contributed by atoms with Crippen LogP contribution in [0, 0.1) is 12.3 Å². The molecular weight excluding hydrogens is 564 g/mol. The van der Waals surface area contributed by atoms with Gasteiger partial charge in [0.05, 0.1) is 19.8 Å². The zero-order valence-corrected chi connectivity index (χ0v) is 25.7. The molecule has 1 atom stereocenters. The monoisotopic (exact) mass is 598 g/mol. The van der Waals surface area contributed by atoms with E-state index in [9.17, 15) is 4.79 Å². The minimum atomic E-state index is -0.516. The summed E-state index contributed by atoms with van der Waals surface area (Å²) >= 11 is 1.27. The molecule has 43 heavy (non-hydrogen) atoms. The Bertz CT molecular complexity index is 1610. The summed E-state index contributed by atoms with van der Waals surface area (Å²) in [7, 11) is 3.06. The summed E-state index contributed by atoms with van der Waals surface area (Å²) in [5, 5.41) is 15.8. The number of benzene rings is 3. The van der Waals surface area contributed by atoms with Crippen LogP contribution in [0.1, 0.15) is 48.4 Å². The van der Waals surface area contributed by atoms with Gasteiger partial charge in [-0.1, -0.05) is 50.2 Å². The molecule has 3 aromatic rings. The lowest BCUT2D eigenvalue weighted by atomic mass is 9.99. The van der Waals surface area contributed by atoms with Gasteiger partial charge in [-0.15, -0.1) is 0 Å². The van der Waals surface area contributed by atoms with Crippen molar-refractivity contribution in [1.29, 1.82) is 5.41 Å². The fourth-order valence-corrected chi connectivity index (χ4v) is 5.62. The number of hydrogen-bond acceptors (Lipinski definition) is 8. The first-order chi connectivity index (χ1) is 20.8. The number of nitrogens with one attached hydrogen (secondary N) is 1. The second-order valence-corrected chi connectivity index (χ2v) is 11.0. The highest BCUT2D eigenvalue weighted by Gasteiger charge is 2.36. The van der Waals surface area contributed by atoms with Gasteiger partial charge in [-0.2, -0.15) is 15.1 Å². The normalized spacial score (nSPS) is 16.0. The van der Waals surface area contributed by atoms with Crippen LogP contribution in [0.15, 0.2) is 76.3 Å². The van der Waals surface area contributed by atoms with E-state index in [0.717, 1.165) is 23.3 Å². The van der Waals surface area contributed by atoms with Gasteiger partial charge in [0, 0.05) is 5.56 Å². The molecule has 0 aromatic heterocycles. The molecule has 0 bridgehead atoms. The number of rotatable bonds is 11. The molecule has 10 heteroatoms. The van der Waals surface area contributed by atoms with Gasteiger partial charge >= 0.3 is 0 Å². The van der Waals surface area contributed by atoms with Crippen molar-refractivity contribution < 1.29 is 23.7 Å². The Kier molecular flexibility index (Phi) is 9.16. The first-order valence-electron chi connectivity index (χ1n) is 14.0. The van der Waals surface area contributed by atoms with E-state index in [1.807, 2.05) is 43.3 Å². The van der Waals surface area contributed by atoms with E-state index in [4.69, 9.17) is 24.4 Å². The molecule has 2 aliphatic rings. The number of aryl methyl sites for hydroxylation is 1. The van der Waals surface area contributed by atoms with Gasteiger partial charge in [-0.05, 0) is 78.1 Å². The van der Waals surface area contributed by atoms with E-state index in [2.05, 4.69) is 36.1 Å². The van der Waals surface area contributed by atoms with Gasteiger partial charge in [-0.3, -0.25) is 10.2 Å². The van der Waals surface area contributed by atoms with Crippen LogP contribution >= 0.6 is 11.8 Å². The van der Waals surface area contributed by atoms with Crippen LogP contribution in [0.4, 0.5) is 0 Å². The molecule has 0 aliphatic carbocycles. The number of nitrogens with zero attached hydrogens (tertiary/aromatic N) is 3. The second-order valence-electron chi connectivity index (χ2n) is 10.1. The molecule has 222 valence electrons. The van der Waals surface area contributed by atoms with E-state index < -0.39 is 5.91 Å². The van der Waals surface area contributed by atoms with Crippen LogP contribution < -0.4 is 18.9 Å². The van der Waals surface area contributed by atoms with Crippen molar-refractivity contribution in [2.75, 3.05) is 27.4 Å². The van der Waals surface area contributed by atoms with E-state index >= 15 is 0 Å². The topological polar surface area (TPSA) is 106 Å². The molecule has 1 N–H and O–H groups in total. The molecule has 5 rings (SSSR count). The van der Waals surface area contributed by atoms with Crippen LogP contribution in [-0.4, -0.2) is 54.4 Å². The summed E-state index contributed by atoms with van der Waals surface area (Å²) in [6, 6.07) is 19.4. The molecule has 2 heterocycles. The number of ether oxygens (including phenoxy) is 4. The highest BCUT2D eigenvalue weighted by atomic mass is 32.2. The van der Waals surface area contributed by atoms with E-state index in [1.165, 1.54) is 36.6 Å². The highest BCUT2D eigenvalue weighted by molar-refractivity contribution is 8.27. The third-order valence-electron chi connectivity index (χ3n) is 7.28. The van der Waals surface area contributed by atoms with Gasteiger partial charge < -0.3 is 18.9 Å². The van der Waals surface area contributed by atoms with Crippen LogP contribution in [0.2, 0.25) is 0 Å². The summed E-state index contributed by atoms with van der Waals surface area (Å²) in [4.78, 5) is 17.2. The summed E-state index contributed by atoms with van der Waals surface area (Å²) in [6.07, 6.45) is 2.67. The van der Waals surface area contributed by atoms with E-state index in [0.29, 0.717) is 45.5 Å². The lowest BCUT2D eigenvalue weighted by molar-refractivity contribution is -0.114. The number of thioether (sulfide) groups is 1. The molecule has 0 spiro atoms. The van der Waals surface area contributed by atoms with E-state index in [-0.39, 0.29) is 18.0 Å². The number of hydrazone groups is 1. The van der Waals surface area contributed by atoms with Crippen LogP contribution in [0.25, 0.3) is 6.08 Å². The lowest BCUT2D eigenvalue weighted by Crippen LogP contribution is -2.35. The number of fused-ring (bicyclic) bond motifs is 1. The van der Waals surface area contributed by atoms with Crippen molar-refractivity contribution in [3.05, 3.63) is 88.5 Å². The van der Waals surface area contributed by atoms with Crippen molar-refractivity contribution in [2.24, 2.45) is 10.1 Å². The largest absolute Gasteiger partial charge is 0.493 e. The standard InChI is InChI=1S/C33H34N4O5S/c1-6-20(2)23-11-13-24(14-12-23)41-15-16-42-29-27(39-4)18-22(19-28(29)40-5)17-26-30(34)37-33(35-31(26)38)43-32(36-37)25-10-8-7-9-21(25)3/h7-14,17-20,34H,6,15-16H2,1-5H3/b26-17+,34-30?/t20-/m1/s1. The van der Waals surface area contributed by atoms with Gasteiger partial charge in [-0.25, -0.2) is 0 Å². The zero-order chi connectivity index (χ0) is 30.5. The van der Waals surface area contributed by atoms with Crippen molar-refractivity contribution in [2.45, 2.75) is 33.1 Å². The Labute approximate surface area is 255 Å². The minimum Gasteiger partial charge on any atom is -0.493 e. The summed E-state index contributed by atoms with van der Waals surface area (Å²) in [6.45, 7) is 6.96. The maximum atomic E-state index is 13.0. The highest BCUT2D eigenvalue weighted by Crippen LogP contribution is 2.40. The summed E-state index contributed by atoms with van der Waals surface area (Å²) < 4.78 is 23.1. The van der Waals surface area contributed by atoms with Crippen LogP contribution in [-0.2, 0) is 4.79 Å². The second kappa shape index (κ2) is 13.2. The maximum absolute atomic E-state index is 13.0. The summed E-state index contributed by atoms with van der Waals surface area (Å²) in [5.41, 5.74) is 3.95. The van der Waals surface area contributed by atoms with Crippen LogP contribution in [0.5, 0.6) is 23.0 Å².